The van der Waals surface area contributed by atoms with Crippen LogP contribution in [0.25, 0.3) is 0 Å². The maximum atomic E-state index is 12.3. The van der Waals surface area contributed by atoms with Crippen molar-refractivity contribution < 1.29 is 14.7 Å². The number of nitrogen functional groups attached to an aromatic ring is 1. The molecule has 0 radical (unpaired) electrons. The average Bonchev–Trinajstić information content (AvgIpc) is 2.70. The van der Waals surface area contributed by atoms with Gasteiger partial charge in [-0.05, 0) is 18.2 Å². The van der Waals surface area contributed by atoms with E-state index in [1.807, 2.05) is 0 Å². The molecule has 2 rings (SSSR count). The fourth-order valence-electron chi connectivity index (χ4n) is 2.17. The zero-order valence-electron chi connectivity index (χ0n) is 10.0. The highest BCUT2D eigenvalue weighted by Crippen LogP contribution is 2.25. The van der Waals surface area contributed by atoms with Gasteiger partial charge in [-0.15, -0.1) is 0 Å². The number of carbonyl (C=O) groups excluding carboxylic acids is 2. The van der Waals surface area contributed by atoms with Crippen molar-refractivity contribution in [2.24, 2.45) is 5.73 Å². The zero-order chi connectivity index (χ0) is 14.2. The number of hydrogen-bond acceptors (Lipinski definition) is 4. The Morgan fingerprint density at radius 3 is 2.68 bits per heavy atom. The first kappa shape index (κ1) is 13.6. The van der Waals surface area contributed by atoms with Crippen molar-refractivity contribution in [3.8, 4) is 0 Å². The number of nitrogens with zero attached hydrogens (tertiary/aromatic N) is 1. The van der Waals surface area contributed by atoms with Gasteiger partial charge in [0.15, 0.2) is 0 Å². The van der Waals surface area contributed by atoms with Crippen LogP contribution in [-0.4, -0.2) is 40.5 Å². The predicted octanol–water partition coefficient (Wildman–Crippen LogP) is -0.0171. The molecule has 1 fully saturated rings. The quantitative estimate of drug-likeness (QED) is 0.663. The number of anilines is 1. The molecule has 2 amide bonds. The van der Waals surface area contributed by atoms with Crippen molar-refractivity contribution >= 4 is 29.1 Å². The summed E-state index contributed by atoms with van der Waals surface area (Å²) in [6.45, 7) is 0.0626. The second-order valence-electron chi connectivity index (χ2n) is 4.50. The Kier molecular flexibility index (Phi) is 3.64. The van der Waals surface area contributed by atoms with E-state index in [1.54, 1.807) is 6.07 Å². The molecule has 19 heavy (non-hydrogen) atoms. The van der Waals surface area contributed by atoms with E-state index in [4.69, 9.17) is 23.1 Å². The van der Waals surface area contributed by atoms with Gasteiger partial charge in [0.25, 0.3) is 5.91 Å². The first-order valence-electron chi connectivity index (χ1n) is 5.73. The van der Waals surface area contributed by atoms with Gasteiger partial charge < -0.3 is 21.5 Å². The molecule has 1 aromatic carbocycles. The number of nitrogens with two attached hydrogens (primary N) is 2. The van der Waals surface area contributed by atoms with Crippen molar-refractivity contribution in [1.29, 1.82) is 0 Å². The largest absolute Gasteiger partial charge is 0.399 e. The summed E-state index contributed by atoms with van der Waals surface area (Å²) < 4.78 is 0. The summed E-state index contributed by atoms with van der Waals surface area (Å²) in [4.78, 5) is 24.9. The number of aliphatic hydroxyl groups excluding tert-OH is 1. The average molecular weight is 284 g/mol. The molecule has 1 aromatic rings. The van der Waals surface area contributed by atoms with E-state index in [0.717, 1.165) is 0 Å². The second-order valence-corrected chi connectivity index (χ2v) is 4.91. The van der Waals surface area contributed by atoms with E-state index in [-0.39, 0.29) is 23.6 Å². The monoisotopic (exact) mass is 283 g/mol. The van der Waals surface area contributed by atoms with Gasteiger partial charge in [0, 0.05) is 18.7 Å². The standard InChI is InChI=1S/C12H14ClN3O3/c13-9-3-6(14)1-2-8(9)12(19)16-5-7(17)4-10(16)11(15)18/h1-3,7,10,17H,4-5,14H2,(H2,15,18). The third-order valence-corrected chi connectivity index (χ3v) is 3.40. The van der Waals surface area contributed by atoms with Gasteiger partial charge in [-0.25, -0.2) is 0 Å². The summed E-state index contributed by atoms with van der Waals surface area (Å²) in [5.74, 6) is -1.08. The van der Waals surface area contributed by atoms with Crippen LogP contribution in [0.5, 0.6) is 0 Å². The Balaban J connectivity index is 2.30. The zero-order valence-corrected chi connectivity index (χ0v) is 10.8. The maximum absolute atomic E-state index is 12.3. The molecule has 7 heteroatoms. The van der Waals surface area contributed by atoms with Gasteiger partial charge in [0.05, 0.1) is 16.7 Å². The molecule has 0 saturated carbocycles. The topological polar surface area (TPSA) is 110 Å². The first-order valence-corrected chi connectivity index (χ1v) is 6.11. The van der Waals surface area contributed by atoms with Crippen LogP contribution in [0.3, 0.4) is 0 Å². The van der Waals surface area contributed by atoms with E-state index >= 15 is 0 Å². The van der Waals surface area contributed by atoms with Gasteiger partial charge in [-0.3, -0.25) is 9.59 Å². The molecule has 5 N–H and O–H groups in total. The van der Waals surface area contributed by atoms with Crippen LogP contribution in [0.2, 0.25) is 5.02 Å². The third-order valence-electron chi connectivity index (χ3n) is 3.09. The van der Waals surface area contributed by atoms with E-state index in [2.05, 4.69) is 0 Å². The lowest BCUT2D eigenvalue weighted by Crippen LogP contribution is -2.43. The molecule has 0 bridgehead atoms. The predicted molar refractivity (Wildman–Crippen MR) is 70.5 cm³/mol. The van der Waals surface area contributed by atoms with Crippen molar-refractivity contribution in [3.05, 3.63) is 28.8 Å². The molecule has 1 saturated heterocycles. The van der Waals surface area contributed by atoms with Crippen molar-refractivity contribution in [2.75, 3.05) is 12.3 Å². The van der Waals surface area contributed by atoms with Crippen LogP contribution in [0.15, 0.2) is 18.2 Å². The molecule has 0 aliphatic carbocycles. The molecule has 0 aromatic heterocycles. The Labute approximate surface area is 114 Å². The van der Waals surface area contributed by atoms with Crippen LogP contribution in [0.4, 0.5) is 5.69 Å². The highest BCUT2D eigenvalue weighted by Gasteiger charge is 2.38. The molecule has 0 spiro atoms. The Morgan fingerprint density at radius 2 is 2.11 bits per heavy atom. The van der Waals surface area contributed by atoms with Gasteiger partial charge in [0.1, 0.15) is 6.04 Å². The summed E-state index contributed by atoms with van der Waals surface area (Å²) in [6.07, 6.45) is -0.609. The molecular formula is C12H14ClN3O3. The lowest BCUT2D eigenvalue weighted by molar-refractivity contribution is -0.121. The van der Waals surface area contributed by atoms with E-state index < -0.39 is 24.0 Å². The summed E-state index contributed by atoms with van der Waals surface area (Å²) in [6, 6.07) is 3.69. The van der Waals surface area contributed by atoms with E-state index in [1.165, 1.54) is 17.0 Å². The fourth-order valence-corrected chi connectivity index (χ4v) is 2.44. The molecular weight excluding hydrogens is 270 g/mol. The molecule has 2 unspecified atom stereocenters. The minimum Gasteiger partial charge on any atom is -0.399 e. The summed E-state index contributed by atoms with van der Waals surface area (Å²) in [5, 5.41) is 9.78. The first-order chi connectivity index (χ1) is 8.90. The smallest absolute Gasteiger partial charge is 0.256 e. The van der Waals surface area contributed by atoms with Crippen LogP contribution in [0, 0.1) is 0 Å². The molecule has 1 aliphatic heterocycles. The maximum Gasteiger partial charge on any atom is 0.256 e. The Bertz CT molecular complexity index is 535. The Morgan fingerprint density at radius 1 is 1.42 bits per heavy atom. The lowest BCUT2D eigenvalue weighted by atomic mass is 10.1. The number of benzene rings is 1. The van der Waals surface area contributed by atoms with E-state index in [0.29, 0.717) is 5.69 Å². The highest BCUT2D eigenvalue weighted by atomic mass is 35.5. The number of likely N-dealkylation sites (tertiary alicyclic amines) is 1. The van der Waals surface area contributed by atoms with Crippen LogP contribution in [0.1, 0.15) is 16.8 Å². The third kappa shape index (κ3) is 2.64. The van der Waals surface area contributed by atoms with Crippen LogP contribution < -0.4 is 11.5 Å². The van der Waals surface area contributed by atoms with Gasteiger partial charge in [-0.1, -0.05) is 11.6 Å². The van der Waals surface area contributed by atoms with Crippen LogP contribution in [-0.2, 0) is 4.79 Å². The van der Waals surface area contributed by atoms with Crippen molar-refractivity contribution in [3.63, 3.8) is 0 Å². The van der Waals surface area contributed by atoms with Crippen molar-refractivity contribution in [1.82, 2.24) is 4.90 Å². The number of rotatable bonds is 2. The van der Waals surface area contributed by atoms with Crippen LogP contribution >= 0.6 is 11.6 Å². The Hall–Kier alpha value is -1.79. The molecule has 6 nitrogen and oxygen atoms in total. The SMILES string of the molecule is NC(=O)C1CC(O)CN1C(=O)c1ccc(N)cc1Cl. The second kappa shape index (κ2) is 5.07. The van der Waals surface area contributed by atoms with E-state index in [9.17, 15) is 14.7 Å². The number of halogens is 1. The minimum absolute atomic E-state index is 0.0626. The lowest BCUT2D eigenvalue weighted by Gasteiger charge is -2.22. The number of amides is 2. The number of hydrogen-bond donors (Lipinski definition) is 3. The van der Waals surface area contributed by atoms with Gasteiger partial charge in [-0.2, -0.15) is 0 Å². The number of aliphatic hydroxyl groups is 1. The molecule has 1 aliphatic rings. The number of primary amides is 1. The molecule has 1 heterocycles. The fraction of sp³-hybridized carbons (Fsp3) is 0.333. The number of carbonyl (C=O) groups is 2. The summed E-state index contributed by atoms with van der Waals surface area (Å²) >= 11 is 5.96. The molecule has 102 valence electrons. The highest BCUT2D eigenvalue weighted by molar-refractivity contribution is 6.34. The minimum atomic E-state index is -0.809. The summed E-state index contributed by atoms with van der Waals surface area (Å²) in [5.41, 5.74) is 11.5. The van der Waals surface area contributed by atoms with Crippen molar-refractivity contribution in [2.45, 2.75) is 18.6 Å². The summed E-state index contributed by atoms with van der Waals surface area (Å²) in [7, 11) is 0. The molecule has 2 atom stereocenters. The van der Waals surface area contributed by atoms with Gasteiger partial charge in [0.2, 0.25) is 5.91 Å². The number of β-amino-alcohol motifs (C(OH)–C–C–N with tert-alkyl or cyclic N) is 1. The van der Waals surface area contributed by atoms with Gasteiger partial charge >= 0.3 is 0 Å². The normalized spacial score (nSPS) is 22.5.